The van der Waals surface area contributed by atoms with Crippen molar-refractivity contribution in [3.8, 4) is 0 Å². The van der Waals surface area contributed by atoms with E-state index in [0.717, 1.165) is 25.8 Å². The molecule has 1 aliphatic carbocycles. The van der Waals surface area contributed by atoms with Crippen LogP contribution in [-0.2, 0) is 4.79 Å². The lowest BCUT2D eigenvalue weighted by Crippen LogP contribution is -2.37. The molecule has 1 heterocycles. The summed E-state index contributed by atoms with van der Waals surface area (Å²) >= 11 is 0. The predicted octanol–water partition coefficient (Wildman–Crippen LogP) is -0.668. The van der Waals surface area contributed by atoms with E-state index >= 15 is 0 Å². The zero-order chi connectivity index (χ0) is 9.26. The molecule has 74 valence electrons. The molecule has 1 amide bonds. The largest absolute Gasteiger partial charge is 0.392 e. The second kappa shape index (κ2) is 3.64. The van der Waals surface area contributed by atoms with Crippen molar-refractivity contribution in [3.05, 3.63) is 0 Å². The summed E-state index contributed by atoms with van der Waals surface area (Å²) in [5.74, 6) is 0.108. The Morgan fingerprint density at radius 3 is 2.77 bits per heavy atom. The highest BCUT2D eigenvalue weighted by Gasteiger charge is 2.26. The molecule has 4 heteroatoms. The SMILES string of the molecule is O=C(CN1CC[C@H](O)C1)NC1CC1. The minimum atomic E-state index is -0.228. The highest BCUT2D eigenvalue weighted by molar-refractivity contribution is 5.78. The molecule has 0 radical (unpaired) electrons. The number of nitrogens with zero attached hydrogens (tertiary/aromatic N) is 1. The normalized spacial score (nSPS) is 29.2. The maximum absolute atomic E-state index is 11.3. The predicted molar refractivity (Wildman–Crippen MR) is 48.2 cm³/mol. The summed E-state index contributed by atoms with van der Waals surface area (Å²) in [7, 11) is 0. The summed E-state index contributed by atoms with van der Waals surface area (Å²) in [5.41, 5.74) is 0. The van der Waals surface area contributed by atoms with Gasteiger partial charge in [0.25, 0.3) is 0 Å². The lowest BCUT2D eigenvalue weighted by molar-refractivity contribution is -0.122. The van der Waals surface area contributed by atoms with Crippen LogP contribution >= 0.6 is 0 Å². The minimum absolute atomic E-state index is 0.108. The molecule has 2 rings (SSSR count). The first kappa shape index (κ1) is 8.97. The third kappa shape index (κ3) is 2.67. The van der Waals surface area contributed by atoms with Crippen LogP contribution in [0.25, 0.3) is 0 Å². The number of hydrogen-bond acceptors (Lipinski definition) is 3. The fraction of sp³-hybridized carbons (Fsp3) is 0.889. The van der Waals surface area contributed by atoms with Crippen LogP contribution in [0.5, 0.6) is 0 Å². The summed E-state index contributed by atoms with van der Waals surface area (Å²) in [6, 6.07) is 0.444. The number of aliphatic hydroxyl groups is 1. The van der Waals surface area contributed by atoms with Gasteiger partial charge >= 0.3 is 0 Å². The summed E-state index contributed by atoms with van der Waals surface area (Å²) in [4.78, 5) is 13.3. The Bertz CT molecular complexity index is 204. The second-order valence-corrected chi connectivity index (χ2v) is 4.02. The van der Waals surface area contributed by atoms with E-state index in [-0.39, 0.29) is 12.0 Å². The first-order valence-corrected chi connectivity index (χ1v) is 4.94. The summed E-state index contributed by atoms with van der Waals surface area (Å²) < 4.78 is 0. The molecular formula is C9H16N2O2. The number of aliphatic hydroxyl groups excluding tert-OH is 1. The molecule has 2 aliphatic rings. The van der Waals surface area contributed by atoms with E-state index in [1.54, 1.807) is 0 Å². The number of likely N-dealkylation sites (tertiary alicyclic amines) is 1. The molecule has 2 N–H and O–H groups in total. The smallest absolute Gasteiger partial charge is 0.234 e. The first-order chi connectivity index (χ1) is 6.24. The van der Waals surface area contributed by atoms with Gasteiger partial charge in [-0.05, 0) is 19.3 Å². The van der Waals surface area contributed by atoms with E-state index in [2.05, 4.69) is 5.32 Å². The van der Waals surface area contributed by atoms with E-state index in [0.29, 0.717) is 19.1 Å². The number of amides is 1. The van der Waals surface area contributed by atoms with Gasteiger partial charge in [0.1, 0.15) is 0 Å². The van der Waals surface area contributed by atoms with Crippen molar-refractivity contribution in [3.63, 3.8) is 0 Å². The molecule has 1 saturated carbocycles. The van der Waals surface area contributed by atoms with Gasteiger partial charge in [-0.2, -0.15) is 0 Å². The van der Waals surface area contributed by atoms with Crippen LogP contribution in [0.2, 0.25) is 0 Å². The molecule has 0 bridgehead atoms. The maximum Gasteiger partial charge on any atom is 0.234 e. The molecule has 2 fully saturated rings. The van der Waals surface area contributed by atoms with Gasteiger partial charge in [-0.3, -0.25) is 9.69 Å². The van der Waals surface area contributed by atoms with Crippen molar-refractivity contribution in [2.45, 2.75) is 31.4 Å². The Balaban J connectivity index is 1.67. The van der Waals surface area contributed by atoms with Crippen LogP contribution in [0.1, 0.15) is 19.3 Å². The quantitative estimate of drug-likeness (QED) is 0.611. The van der Waals surface area contributed by atoms with Gasteiger partial charge < -0.3 is 10.4 Å². The molecule has 0 spiro atoms. The van der Waals surface area contributed by atoms with Crippen LogP contribution in [0.4, 0.5) is 0 Å². The molecule has 1 saturated heterocycles. The Kier molecular flexibility index (Phi) is 2.51. The van der Waals surface area contributed by atoms with Gasteiger partial charge in [-0.25, -0.2) is 0 Å². The van der Waals surface area contributed by atoms with E-state index < -0.39 is 0 Å². The molecule has 1 aliphatic heterocycles. The Hall–Kier alpha value is -0.610. The van der Waals surface area contributed by atoms with Crippen LogP contribution in [0.15, 0.2) is 0 Å². The summed E-state index contributed by atoms with van der Waals surface area (Å²) in [5, 5.41) is 12.2. The van der Waals surface area contributed by atoms with Crippen LogP contribution < -0.4 is 5.32 Å². The van der Waals surface area contributed by atoms with Gasteiger partial charge in [-0.1, -0.05) is 0 Å². The number of carbonyl (C=O) groups excluding carboxylic acids is 1. The molecule has 0 unspecified atom stereocenters. The third-order valence-corrected chi connectivity index (χ3v) is 2.56. The van der Waals surface area contributed by atoms with Crippen molar-refractivity contribution < 1.29 is 9.90 Å². The van der Waals surface area contributed by atoms with Crippen molar-refractivity contribution >= 4 is 5.91 Å². The van der Waals surface area contributed by atoms with Crippen LogP contribution in [0.3, 0.4) is 0 Å². The van der Waals surface area contributed by atoms with Gasteiger partial charge in [0, 0.05) is 19.1 Å². The van der Waals surface area contributed by atoms with E-state index in [1.807, 2.05) is 4.90 Å². The zero-order valence-electron chi connectivity index (χ0n) is 7.70. The monoisotopic (exact) mass is 184 g/mol. The summed E-state index contributed by atoms with van der Waals surface area (Å²) in [6.07, 6.45) is 2.84. The van der Waals surface area contributed by atoms with Gasteiger partial charge in [0.2, 0.25) is 5.91 Å². The number of carbonyl (C=O) groups is 1. The van der Waals surface area contributed by atoms with E-state index in [4.69, 9.17) is 0 Å². The van der Waals surface area contributed by atoms with E-state index in [1.165, 1.54) is 0 Å². The molecular weight excluding hydrogens is 168 g/mol. The minimum Gasteiger partial charge on any atom is -0.392 e. The molecule has 13 heavy (non-hydrogen) atoms. The fourth-order valence-corrected chi connectivity index (χ4v) is 1.66. The molecule has 1 atom stereocenters. The summed E-state index contributed by atoms with van der Waals surface area (Å²) in [6.45, 7) is 1.95. The highest BCUT2D eigenvalue weighted by Crippen LogP contribution is 2.18. The Morgan fingerprint density at radius 1 is 1.46 bits per heavy atom. The Labute approximate surface area is 77.9 Å². The average Bonchev–Trinajstić information content (AvgIpc) is 2.76. The zero-order valence-corrected chi connectivity index (χ0v) is 7.70. The number of β-amino-alcohol motifs (C(OH)–C–C–N with tert-alkyl or cyclic N) is 1. The van der Waals surface area contributed by atoms with Crippen LogP contribution in [-0.4, -0.2) is 47.7 Å². The number of rotatable bonds is 3. The topological polar surface area (TPSA) is 52.6 Å². The van der Waals surface area contributed by atoms with Crippen molar-refractivity contribution in [1.29, 1.82) is 0 Å². The average molecular weight is 184 g/mol. The van der Waals surface area contributed by atoms with Crippen molar-refractivity contribution in [2.75, 3.05) is 19.6 Å². The highest BCUT2D eigenvalue weighted by atomic mass is 16.3. The lowest BCUT2D eigenvalue weighted by Gasteiger charge is -2.13. The molecule has 0 aromatic heterocycles. The lowest BCUT2D eigenvalue weighted by atomic mass is 10.3. The Morgan fingerprint density at radius 2 is 2.23 bits per heavy atom. The number of hydrogen-bond donors (Lipinski definition) is 2. The van der Waals surface area contributed by atoms with Gasteiger partial charge in [0.05, 0.1) is 12.6 Å². The van der Waals surface area contributed by atoms with Crippen molar-refractivity contribution in [1.82, 2.24) is 10.2 Å². The second-order valence-electron chi connectivity index (χ2n) is 4.02. The molecule has 4 nitrogen and oxygen atoms in total. The third-order valence-electron chi connectivity index (χ3n) is 2.56. The number of nitrogens with one attached hydrogen (secondary N) is 1. The van der Waals surface area contributed by atoms with Crippen LogP contribution in [0, 0.1) is 0 Å². The van der Waals surface area contributed by atoms with Gasteiger partial charge in [-0.15, -0.1) is 0 Å². The van der Waals surface area contributed by atoms with E-state index in [9.17, 15) is 9.90 Å². The van der Waals surface area contributed by atoms with Crippen molar-refractivity contribution in [2.24, 2.45) is 0 Å². The fourth-order valence-electron chi connectivity index (χ4n) is 1.66. The maximum atomic E-state index is 11.3. The first-order valence-electron chi connectivity index (χ1n) is 4.94. The van der Waals surface area contributed by atoms with Gasteiger partial charge in [0.15, 0.2) is 0 Å². The molecule has 0 aromatic carbocycles. The standard InChI is InChI=1S/C9H16N2O2/c12-8-3-4-11(5-8)6-9(13)10-7-1-2-7/h7-8,12H,1-6H2,(H,10,13)/t8-/m0/s1. The molecule has 0 aromatic rings.